The first-order valence-electron chi connectivity index (χ1n) is 6.82. The van der Waals surface area contributed by atoms with Crippen molar-refractivity contribution in [2.75, 3.05) is 32.6 Å². The van der Waals surface area contributed by atoms with Gasteiger partial charge in [-0.25, -0.2) is 0 Å². The minimum Gasteiger partial charge on any atom is -0.497 e. The van der Waals surface area contributed by atoms with Crippen LogP contribution in [0.25, 0.3) is 0 Å². The zero-order chi connectivity index (χ0) is 13.9. The van der Waals surface area contributed by atoms with Gasteiger partial charge in [0.25, 0.3) is 0 Å². The number of nitrogens with zero attached hydrogens (tertiary/aromatic N) is 1. The Balaban J connectivity index is 2.14. The normalized spacial score (nSPS) is 28.1. The van der Waals surface area contributed by atoms with Crippen LogP contribution in [-0.2, 0) is 0 Å². The molecule has 0 amide bonds. The fourth-order valence-corrected chi connectivity index (χ4v) is 2.74. The number of nitrogens with one attached hydrogen (secondary N) is 1. The minimum absolute atomic E-state index is 0.155. The smallest absolute Gasteiger partial charge is 0.120 e. The van der Waals surface area contributed by atoms with Crippen LogP contribution in [0.2, 0.25) is 0 Å². The van der Waals surface area contributed by atoms with Gasteiger partial charge < -0.3 is 20.1 Å². The number of methoxy groups -OCH3 is 1. The first-order valence-corrected chi connectivity index (χ1v) is 6.82. The molecule has 2 atom stereocenters. The number of piperidine rings is 1. The number of hydrogen-bond acceptors (Lipinski definition) is 4. The molecular weight excluding hydrogens is 240 g/mol. The minimum atomic E-state index is -0.224. The van der Waals surface area contributed by atoms with Gasteiger partial charge in [-0.05, 0) is 38.9 Å². The van der Waals surface area contributed by atoms with Crippen LogP contribution in [0, 0.1) is 0 Å². The topological polar surface area (TPSA) is 44.7 Å². The molecular formula is C15H24N2O2. The van der Waals surface area contributed by atoms with Crippen molar-refractivity contribution in [3.63, 3.8) is 0 Å². The van der Waals surface area contributed by atoms with Crippen molar-refractivity contribution in [2.24, 2.45) is 0 Å². The lowest BCUT2D eigenvalue weighted by molar-refractivity contribution is 0.0969. The fraction of sp³-hybridized carbons (Fsp3) is 0.600. The van der Waals surface area contributed by atoms with E-state index in [-0.39, 0.29) is 12.1 Å². The number of rotatable bonds is 4. The average Bonchev–Trinajstić information content (AvgIpc) is 2.43. The van der Waals surface area contributed by atoms with Gasteiger partial charge in [-0.2, -0.15) is 0 Å². The highest BCUT2D eigenvalue weighted by molar-refractivity contribution is 5.50. The maximum Gasteiger partial charge on any atom is 0.120 e. The van der Waals surface area contributed by atoms with Gasteiger partial charge in [0.15, 0.2) is 0 Å². The van der Waals surface area contributed by atoms with E-state index in [2.05, 4.69) is 24.2 Å². The van der Waals surface area contributed by atoms with E-state index >= 15 is 0 Å². The molecule has 4 heteroatoms. The molecule has 0 spiro atoms. The van der Waals surface area contributed by atoms with E-state index in [0.29, 0.717) is 6.04 Å². The van der Waals surface area contributed by atoms with Crippen LogP contribution in [0.1, 0.15) is 19.8 Å². The molecule has 1 aromatic carbocycles. The summed E-state index contributed by atoms with van der Waals surface area (Å²) in [4.78, 5) is 2.33. The molecule has 0 aliphatic carbocycles. The molecule has 19 heavy (non-hydrogen) atoms. The van der Waals surface area contributed by atoms with Gasteiger partial charge in [-0.15, -0.1) is 0 Å². The van der Waals surface area contributed by atoms with Crippen molar-refractivity contribution in [3.8, 4) is 5.75 Å². The molecule has 1 aromatic rings. The summed E-state index contributed by atoms with van der Waals surface area (Å²) in [5, 5.41) is 13.3. The van der Waals surface area contributed by atoms with E-state index in [9.17, 15) is 5.11 Å². The summed E-state index contributed by atoms with van der Waals surface area (Å²) in [5.41, 5.74) is 0.781. The van der Waals surface area contributed by atoms with Crippen molar-refractivity contribution < 1.29 is 9.84 Å². The number of aliphatic hydroxyl groups is 1. The summed E-state index contributed by atoms with van der Waals surface area (Å²) >= 11 is 0. The van der Waals surface area contributed by atoms with Crippen LogP contribution in [0.3, 0.4) is 0 Å². The lowest BCUT2D eigenvalue weighted by Crippen LogP contribution is -2.54. The third-order valence-electron chi connectivity index (χ3n) is 4.16. The van der Waals surface area contributed by atoms with E-state index in [1.807, 2.05) is 24.3 Å². The SMILES string of the molecule is COc1cccc(NC2(CO)CCN(C)C(C)C2)c1. The largest absolute Gasteiger partial charge is 0.497 e. The monoisotopic (exact) mass is 264 g/mol. The second kappa shape index (κ2) is 5.80. The second-order valence-corrected chi connectivity index (χ2v) is 5.58. The molecule has 0 radical (unpaired) electrons. The Morgan fingerprint density at radius 3 is 2.95 bits per heavy atom. The van der Waals surface area contributed by atoms with Crippen LogP contribution in [0.4, 0.5) is 5.69 Å². The summed E-state index contributed by atoms with van der Waals surface area (Å²) < 4.78 is 5.24. The van der Waals surface area contributed by atoms with Crippen LogP contribution in [-0.4, -0.2) is 48.9 Å². The van der Waals surface area contributed by atoms with Crippen molar-refractivity contribution >= 4 is 5.69 Å². The molecule has 106 valence electrons. The van der Waals surface area contributed by atoms with E-state index in [1.54, 1.807) is 7.11 Å². The van der Waals surface area contributed by atoms with E-state index in [4.69, 9.17) is 4.74 Å². The van der Waals surface area contributed by atoms with Gasteiger partial charge in [0.2, 0.25) is 0 Å². The summed E-state index contributed by atoms with van der Waals surface area (Å²) in [7, 11) is 3.80. The Morgan fingerprint density at radius 2 is 2.32 bits per heavy atom. The zero-order valence-electron chi connectivity index (χ0n) is 12.0. The van der Waals surface area contributed by atoms with E-state index in [0.717, 1.165) is 30.8 Å². The number of hydrogen-bond donors (Lipinski definition) is 2. The maximum absolute atomic E-state index is 9.82. The molecule has 0 bridgehead atoms. The van der Waals surface area contributed by atoms with Crippen molar-refractivity contribution in [1.29, 1.82) is 0 Å². The maximum atomic E-state index is 9.82. The first kappa shape index (κ1) is 14.2. The number of aliphatic hydroxyl groups excluding tert-OH is 1. The highest BCUT2D eigenvalue weighted by Gasteiger charge is 2.36. The quantitative estimate of drug-likeness (QED) is 0.872. The van der Waals surface area contributed by atoms with Crippen LogP contribution >= 0.6 is 0 Å². The van der Waals surface area contributed by atoms with Crippen molar-refractivity contribution in [1.82, 2.24) is 4.90 Å². The number of likely N-dealkylation sites (tertiary alicyclic amines) is 1. The van der Waals surface area contributed by atoms with Gasteiger partial charge in [-0.3, -0.25) is 0 Å². The Bertz CT molecular complexity index is 424. The highest BCUT2D eigenvalue weighted by Crippen LogP contribution is 2.30. The number of anilines is 1. The predicted octanol–water partition coefficient (Wildman–Crippen LogP) is 1.95. The molecule has 0 saturated carbocycles. The molecule has 2 unspecified atom stereocenters. The number of benzene rings is 1. The van der Waals surface area contributed by atoms with Gasteiger partial charge >= 0.3 is 0 Å². The molecule has 2 rings (SSSR count). The van der Waals surface area contributed by atoms with Crippen LogP contribution < -0.4 is 10.1 Å². The lowest BCUT2D eigenvalue weighted by Gasteiger charge is -2.44. The molecule has 1 aliphatic rings. The Hall–Kier alpha value is -1.26. The van der Waals surface area contributed by atoms with Crippen molar-refractivity contribution in [3.05, 3.63) is 24.3 Å². The molecule has 1 fully saturated rings. The van der Waals surface area contributed by atoms with E-state index < -0.39 is 0 Å². The third-order valence-corrected chi connectivity index (χ3v) is 4.16. The second-order valence-electron chi connectivity index (χ2n) is 5.58. The lowest BCUT2D eigenvalue weighted by atomic mass is 9.84. The van der Waals surface area contributed by atoms with Crippen LogP contribution in [0.15, 0.2) is 24.3 Å². The van der Waals surface area contributed by atoms with Gasteiger partial charge in [-0.1, -0.05) is 6.07 Å². The Labute approximate surface area is 115 Å². The predicted molar refractivity (Wildman–Crippen MR) is 77.8 cm³/mol. The van der Waals surface area contributed by atoms with Gasteiger partial charge in [0.05, 0.1) is 19.3 Å². The van der Waals surface area contributed by atoms with E-state index in [1.165, 1.54) is 0 Å². The molecule has 4 nitrogen and oxygen atoms in total. The molecule has 1 saturated heterocycles. The molecule has 2 N–H and O–H groups in total. The summed E-state index contributed by atoms with van der Waals surface area (Å²) in [5.74, 6) is 0.832. The van der Waals surface area contributed by atoms with Gasteiger partial charge in [0, 0.05) is 24.3 Å². The average molecular weight is 264 g/mol. The summed E-state index contributed by atoms with van der Waals surface area (Å²) in [6, 6.07) is 8.35. The van der Waals surface area contributed by atoms with Crippen molar-refractivity contribution in [2.45, 2.75) is 31.3 Å². The van der Waals surface area contributed by atoms with Gasteiger partial charge in [0.1, 0.15) is 5.75 Å². The first-order chi connectivity index (χ1) is 9.08. The standard InChI is InChI=1S/C15H24N2O2/c1-12-10-15(11-18,7-8-17(12)2)16-13-5-4-6-14(9-13)19-3/h4-6,9,12,16,18H,7-8,10-11H2,1-3H3. The molecule has 1 aliphatic heterocycles. The zero-order valence-corrected chi connectivity index (χ0v) is 12.0. The third kappa shape index (κ3) is 3.19. The summed E-state index contributed by atoms with van der Waals surface area (Å²) in [6.07, 6.45) is 1.89. The van der Waals surface area contributed by atoms with Crippen LogP contribution in [0.5, 0.6) is 5.75 Å². The molecule has 1 heterocycles. The fourth-order valence-electron chi connectivity index (χ4n) is 2.74. The summed E-state index contributed by atoms with van der Waals surface area (Å²) in [6.45, 7) is 3.36. The molecule has 0 aromatic heterocycles. The highest BCUT2D eigenvalue weighted by atomic mass is 16.5. The Morgan fingerprint density at radius 1 is 1.53 bits per heavy atom. The Kier molecular flexibility index (Phi) is 4.32. The number of ether oxygens (including phenoxy) is 1.